The summed E-state index contributed by atoms with van der Waals surface area (Å²) in [6.07, 6.45) is -2.53. The number of halogens is 4. The number of alkyl halides is 1. The molecule has 0 aliphatic heterocycles. The van der Waals surface area contributed by atoms with Crippen LogP contribution in [0.4, 0.5) is 4.39 Å². The van der Waals surface area contributed by atoms with E-state index in [4.69, 9.17) is 34.8 Å². The van der Waals surface area contributed by atoms with Gasteiger partial charge in [-0.05, 0) is 12.1 Å². The van der Waals surface area contributed by atoms with Crippen molar-refractivity contribution in [1.82, 2.24) is 0 Å². The van der Waals surface area contributed by atoms with Gasteiger partial charge in [0.1, 0.15) is 11.9 Å². The smallest absolute Gasteiger partial charge is 0.126 e. The molecule has 0 bridgehead atoms. The van der Waals surface area contributed by atoms with E-state index in [1.807, 2.05) is 0 Å². The van der Waals surface area contributed by atoms with Gasteiger partial charge in [-0.25, -0.2) is 4.39 Å². The zero-order valence-electron chi connectivity index (χ0n) is 7.42. The summed E-state index contributed by atoms with van der Waals surface area (Å²) >= 11 is 16.7. The molecule has 6 heteroatoms. The minimum absolute atomic E-state index is 0.0448. The van der Waals surface area contributed by atoms with E-state index in [1.54, 1.807) is 0 Å². The third kappa shape index (κ3) is 2.95. The van der Waals surface area contributed by atoms with Crippen LogP contribution in [0.3, 0.4) is 0 Å². The fraction of sp³-hybridized carbons (Fsp3) is 0.333. The summed E-state index contributed by atoms with van der Waals surface area (Å²) < 4.78 is 12.8. The Morgan fingerprint density at radius 1 is 1.20 bits per heavy atom. The fourth-order valence-electron chi connectivity index (χ4n) is 1.11. The second-order valence-corrected chi connectivity index (χ2v) is 4.07. The topological polar surface area (TPSA) is 40.5 Å². The number of hydrogen-bond donors (Lipinski definition) is 2. The van der Waals surface area contributed by atoms with Gasteiger partial charge in [0.15, 0.2) is 0 Å². The average Bonchev–Trinajstić information content (AvgIpc) is 2.14. The van der Waals surface area contributed by atoms with Crippen LogP contribution in [-0.2, 0) is 0 Å². The first kappa shape index (κ1) is 13.0. The predicted molar refractivity (Wildman–Crippen MR) is 58.1 cm³/mol. The van der Waals surface area contributed by atoms with Crippen molar-refractivity contribution in [2.75, 3.05) is 5.88 Å². The maximum absolute atomic E-state index is 12.8. The third-order valence-electron chi connectivity index (χ3n) is 1.86. The van der Waals surface area contributed by atoms with Crippen LogP contribution in [0, 0.1) is 5.82 Å². The second-order valence-electron chi connectivity index (χ2n) is 2.95. The molecule has 0 aromatic heterocycles. The number of aliphatic hydroxyl groups is 2. The molecule has 0 spiro atoms. The molecule has 2 nitrogen and oxygen atoms in total. The minimum atomic E-state index is -1.33. The fourth-order valence-corrected chi connectivity index (χ4v) is 1.97. The monoisotopic (exact) mass is 272 g/mol. The van der Waals surface area contributed by atoms with Crippen molar-refractivity contribution in [3.05, 3.63) is 33.6 Å². The second kappa shape index (κ2) is 5.32. The maximum Gasteiger partial charge on any atom is 0.126 e. The first-order valence-electron chi connectivity index (χ1n) is 4.04. The highest BCUT2D eigenvalue weighted by atomic mass is 35.5. The van der Waals surface area contributed by atoms with E-state index in [0.717, 1.165) is 12.1 Å². The predicted octanol–water partition coefficient (Wildman–Crippen LogP) is 2.77. The largest absolute Gasteiger partial charge is 0.389 e. The summed E-state index contributed by atoms with van der Waals surface area (Å²) in [5.41, 5.74) is 0.0767. The van der Waals surface area contributed by atoms with E-state index in [1.165, 1.54) is 0 Å². The summed E-state index contributed by atoms with van der Waals surface area (Å²) in [7, 11) is 0. The molecular formula is C9H8Cl3FO2. The molecule has 84 valence electrons. The number of hydrogen-bond acceptors (Lipinski definition) is 2. The van der Waals surface area contributed by atoms with Gasteiger partial charge in [-0.15, -0.1) is 11.6 Å². The van der Waals surface area contributed by atoms with Gasteiger partial charge in [-0.1, -0.05) is 23.2 Å². The van der Waals surface area contributed by atoms with Crippen molar-refractivity contribution >= 4 is 34.8 Å². The van der Waals surface area contributed by atoms with Crippen molar-refractivity contribution in [3.63, 3.8) is 0 Å². The Bertz CT molecular complexity index is 336. The van der Waals surface area contributed by atoms with Crippen LogP contribution < -0.4 is 0 Å². The van der Waals surface area contributed by atoms with Gasteiger partial charge >= 0.3 is 0 Å². The van der Waals surface area contributed by atoms with Gasteiger partial charge in [-0.2, -0.15) is 0 Å². The molecule has 15 heavy (non-hydrogen) atoms. The minimum Gasteiger partial charge on any atom is -0.389 e. The highest BCUT2D eigenvalue weighted by Gasteiger charge is 2.23. The standard InChI is InChI=1S/C9H8Cl3FO2/c10-3-7(14)9(15)8-5(11)1-4(13)2-6(8)12/h1-2,7,9,14-15H,3H2. The van der Waals surface area contributed by atoms with Crippen LogP contribution in [-0.4, -0.2) is 22.2 Å². The van der Waals surface area contributed by atoms with Gasteiger partial charge in [-0.3, -0.25) is 0 Å². The molecule has 0 aliphatic rings. The lowest BCUT2D eigenvalue weighted by Crippen LogP contribution is -2.20. The Balaban J connectivity index is 3.13. The summed E-state index contributed by atoms with van der Waals surface area (Å²) in [6, 6.07) is 2.01. The van der Waals surface area contributed by atoms with Crippen LogP contribution in [0.15, 0.2) is 12.1 Å². The van der Waals surface area contributed by atoms with Crippen LogP contribution in [0.5, 0.6) is 0 Å². The molecule has 0 aliphatic carbocycles. The molecule has 1 aromatic carbocycles. The van der Waals surface area contributed by atoms with Gasteiger partial charge in [0.25, 0.3) is 0 Å². The molecule has 1 aromatic rings. The Morgan fingerprint density at radius 2 is 1.67 bits per heavy atom. The number of benzene rings is 1. The van der Waals surface area contributed by atoms with Crippen molar-refractivity contribution < 1.29 is 14.6 Å². The maximum atomic E-state index is 12.8. The van der Waals surface area contributed by atoms with Crippen molar-refractivity contribution in [3.8, 4) is 0 Å². The molecule has 2 unspecified atom stereocenters. The molecule has 2 atom stereocenters. The first-order valence-corrected chi connectivity index (χ1v) is 5.33. The SMILES string of the molecule is OC(CCl)C(O)c1c(Cl)cc(F)cc1Cl. The quantitative estimate of drug-likeness (QED) is 0.832. The van der Waals surface area contributed by atoms with Crippen LogP contribution in [0.25, 0.3) is 0 Å². The Kier molecular flexibility index (Phi) is 4.62. The molecule has 0 saturated heterocycles. The Hall–Kier alpha value is -0.0600. The zero-order valence-corrected chi connectivity index (χ0v) is 9.69. The molecule has 1 rings (SSSR count). The van der Waals surface area contributed by atoms with Crippen LogP contribution in [0.2, 0.25) is 10.0 Å². The lowest BCUT2D eigenvalue weighted by molar-refractivity contribution is 0.0328. The van der Waals surface area contributed by atoms with Gasteiger partial charge in [0.05, 0.1) is 22.0 Å². The van der Waals surface area contributed by atoms with Gasteiger partial charge in [0, 0.05) is 5.56 Å². The molecule has 2 N–H and O–H groups in total. The van der Waals surface area contributed by atoms with Gasteiger partial charge < -0.3 is 10.2 Å². The Morgan fingerprint density at radius 3 is 2.07 bits per heavy atom. The molecule has 0 heterocycles. The number of rotatable bonds is 3. The summed E-state index contributed by atoms with van der Waals surface area (Å²) in [5, 5.41) is 18.8. The molecule has 0 fully saturated rings. The summed E-state index contributed by atoms with van der Waals surface area (Å²) in [5.74, 6) is -0.785. The van der Waals surface area contributed by atoms with E-state index in [0.29, 0.717) is 0 Å². The highest BCUT2D eigenvalue weighted by Crippen LogP contribution is 2.33. The third-order valence-corrected chi connectivity index (χ3v) is 2.80. The molecular weight excluding hydrogens is 265 g/mol. The molecule has 0 amide bonds. The lowest BCUT2D eigenvalue weighted by Gasteiger charge is -2.18. The molecule has 0 saturated carbocycles. The highest BCUT2D eigenvalue weighted by molar-refractivity contribution is 6.36. The van der Waals surface area contributed by atoms with Gasteiger partial charge in [0.2, 0.25) is 0 Å². The summed E-state index contributed by atoms with van der Waals surface area (Å²) in [4.78, 5) is 0. The Labute approximate surface area is 101 Å². The van der Waals surface area contributed by atoms with E-state index < -0.39 is 18.0 Å². The van der Waals surface area contributed by atoms with E-state index >= 15 is 0 Å². The van der Waals surface area contributed by atoms with Crippen molar-refractivity contribution in [2.45, 2.75) is 12.2 Å². The number of aliphatic hydroxyl groups excluding tert-OH is 2. The van der Waals surface area contributed by atoms with E-state index in [9.17, 15) is 14.6 Å². The normalized spacial score (nSPS) is 15.1. The van der Waals surface area contributed by atoms with E-state index in [2.05, 4.69) is 0 Å². The van der Waals surface area contributed by atoms with Crippen molar-refractivity contribution in [1.29, 1.82) is 0 Å². The van der Waals surface area contributed by atoms with Crippen molar-refractivity contribution in [2.24, 2.45) is 0 Å². The lowest BCUT2D eigenvalue weighted by atomic mass is 10.1. The first-order chi connectivity index (χ1) is 6.97. The summed E-state index contributed by atoms with van der Waals surface area (Å²) in [6.45, 7) is 0. The zero-order chi connectivity index (χ0) is 11.6. The van der Waals surface area contributed by atoms with Crippen LogP contribution >= 0.6 is 34.8 Å². The molecule has 0 radical (unpaired) electrons. The van der Waals surface area contributed by atoms with Crippen LogP contribution in [0.1, 0.15) is 11.7 Å². The van der Waals surface area contributed by atoms with E-state index in [-0.39, 0.29) is 21.5 Å². The average molecular weight is 274 g/mol.